The highest BCUT2D eigenvalue weighted by atomic mass is 79.9. The Bertz CT molecular complexity index is 193. The molecule has 0 N–H and O–H groups in total. The Morgan fingerprint density at radius 3 is 2.85 bits per heavy atom. The summed E-state index contributed by atoms with van der Waals surface area (Å²) in [5.41, 5.74) is 0. The molecule has 0 aromatic carbocycles. The highest BCUT2D eigenvalue weighted by Gasteiger charge is 2.33. The highest BCUT2D eigenvalue weighted by Crippen LogP contribution is 2.22. The average Bonchev–Trinajstić information content (AvgIpc) is 2.41. The minimum absolute atomic E-state index is 0.141. The molecule has 13 heavy (non-hydrogen) atoms. The molecule has 1 atom stereocenters. The summed E-state index contributed by atoms with van der Waals surface area (Å²) in [5, 5.41) is 0.212. The molecule has 1 aliphatic heterocycles. The first-order chi connectivity index (χ1) is 6.03. The monoisotopic (exact) mass is 252 g/mol. The molecule has 0 amide bonds. The van der Waals surface area contributed by atoms with Crippen LogP contribution in [0.5, 0.6) is 0 Å². The number of esters is 1. The second-order valence-corrected chi connectivity index (χ2v) is 3.83. The van der Waals surface area contributed by atoms with Gasteiger partial charge in [0.05, 0.1) is 6.61 Å². The first-order valence-electron chi connectivity index (χ1n) is 4.07. The predicted molar refractivity (Wildman–Crippen MR) is 49.7 cm³/mol. The van der Waals surface area contributed by atoms with Crippen LogP contribution in [0.1, 0.15) is 13.8 Å². The first-order valence-corrected chi connectivity index (χ1v) is 5.19. The second-order valence-electron chi connectivity index (χ2n) is 3.27. The number of carbonyl (C=O) groups excluding carboxylic acids is 1. The Kier molecular flexibility index (Phi) is 3.70. The van der Waals surface area contributed by atoms with E-state index in [1.54, 1.807) is 0 Å². The summed E-state index contributed by atoms with van der Waals surface area (Å²) in [6.07, 6.45) is -0.141. The molecule has 1 saturated heterocycles. The van der Waals surface area contributed by atoms with Gasteiger partial charge in [-0.25, -0.2) is 0 Å². The van der Waals surface area contributed by atoms with Gasteiger partial charge in [-0.15, -0.1) is 0 Å². The molecule has 0 bridgehead atoms. The molecule has 0 aromatic heterocycles. The summed E-state index contributed by atoms with van der Waals surface area (Å²) in [6, 6.07) is 0. The van der Waals surface area contributed by atoms with Gasteiger partial charge in [0.1, 0.15) is 18.0 Å². The van der Waals surface area contributed by atoms with E-state index in [1.165, 1.54) is 0 Å². The van der Waals surface area contributed by atoms with Crippen molar-refractivity contribution in [3.63, 3.8) is 0 Å². The van der Waals surface area contributed by atoms with Crippen LogP contribution in [0.3, 0.4) is 0 Å². The van der Waals surface area contributed by atoms with Gasteiger partial charge in [0.25, 0.3) is 0 Å². The Morgan fingerprint density at radius 2 is 2.38 bits per heavy atom. The zero-order valence-electron chi connectivity index (χ0n) is 7.71. The van der Waals surface area contributed by atoms with Crippen molar-refractivity contribution < 1.29 is 19.0 Å². The SMILES string of the molecule is CC1(C)OC[C@@H](COC(=O)CBr)O1. The van der Waals surface area contributed by atoms with Crippen LogP contribution in [-0.4, -0.2) is 36.4 Å². The molecule has 1 fully saturated rings. The molecule has 76 valence electrons. The summed E-state index contributed by atoms with van der Waals surface area (Å²) < 4.78 is 15.6. The Labute approximate surface area is 85.7 Å². The molecule has 0 aliphatic carbocycles. The van der Waals surface area contributed by atoms with Crippen molar-refractivity contribution in [1.29, 1.82) is 0 Å². The number of carbonyl (C=O) groups is 1. The lowest BCUT2D eigenvalue weighted by atomic mass is 10.4. The molecule has 1 aliphatic rings. The second kappa shape index (κ2) is 4.39. The molecule has 1 heterocycles. The van der Waals surface area contributed by atoms with Gasteiger partial charge in [0, 0.05) is 0 Å². The molecular formula is C8H13BrO4. The van der Waals surface area contributed by atoms with Crippen molar-refractivity contribution >= 4 is 21.9 Å². The zero-order chi connectivity index (χ0) is 9.90. The van der Waals surface area contributed by atoms with E-state index in [0.29, 0.717) is 6.61 Å². The lowest BCUT2D eigenvalue weighted by Gasteiger charge is -2.16. The van der Waals surface area contributed by atoms with E-state index in [1.807, 2.05) is 13.8 Å². The average molecular weight is 253 g/mol. The van der Waals surface area contributed by atoms with Crippen molar-refractivity contribution in [2.75, 3.05) is 18.5 Å². The lowest BCUT2D eigenvalue weighted by Crippen LogP contribution is -2.25. The summed E-state index contributed by atoms with van der Waals surface area (Å²) >= 11 is 3.00. The quantitative estimate of drug-likeness (QED) is 0.557. The Hall–Kier alpha value is -0.130. The number of rotatable bonds is 3. The highest BCUT2D eigenvalue weighted by molar-refractivity contribution is 9.09. The third-order valence-corrected chi connectivity index (χ3v) is 2.06. The summed E-state index contributed by atoms with van der Waals surface area (Å²) in [7, 11) is 0. The van der Waals surface area contributed by atoms with Crippen LogP contribution in [0.25, 0.3) is 0 Å². The van der Waals surface area contributed by atoms with E-state index in [2.05, 4.69) is 15.9 Å². The van der Waals surface area contributed by atoms with Crippen molar-refractivity contribution in [2.24, 2.45) is 0 Å². The third kappa shape index (κ3) is 3.62. The van der Waals surface area contributed by atoms with Gasteiger partial charge in [0.15, 0.2) is 5.79 Å². The maximum absolute atomic E-state index is 10.8. The van der Waals surface area contributed by atoms with E-state index in [-0.39, 0.29) is 24.0 Å². The minimum atomic E-state index is -0.550. The number of ether oxygens (including phenoxy) is 3. The van der Waals surface area contributed by atoms with Crippen LogP contribution in [0, 0.1) is 0 Å². The Morgan fingerprint density at radius 1 is 1.69 bits per heavy atom. The van der Waals surface area contributed by atoms with E-state index < -0.39 is 5.79 Å². The van der Waals surface area contributed by atoms with Crippen molar-refractivity contribution in [3.8, 4) is 0 Å². The standard InChI is InChI=1S/C8H13BrO4/c1-8(2)12-5-6(13-8)4-11-7(10)3-9/h6H,3-5H2,1-2H3/t6-/m1/s1. The molecule has 0 unspecified atom stereocenters. The molecule has 5 heteroatoms. The Balaban J connectivity index is 2.21. The van der Waals surface area contributed by atoms with Gasteiger partial charge < -0.3 is 14.2 Å². The smallest absolute Gasteiger partial charge is 0.316 e. The lowest BCUT2D eigenvalue weighted by molar-refractivity contribution is -0.156. The van der Waals surface area contributed by atoms with Crippen LogP contribution in [-0.2, 0) is 19.0 Å². The number of hydrogen-bond acceptors (Lipinski definition) is 4. The maximum atomic E-state index is 10.8. The van der Waals surface area contributed by atoms with Crippen LogP contribution in [0.4, 0.5) is 0 Å². The molecule has 0 aromatic rings. The molecule has 0 saturated carbocycles. The van der Waals surface area contributed by atoms with Crippen LogP contribution >= 0.6 is 15.9 Å². The minimum Gasteiger partial charge on any atom is -0.462 e. The van der Waals surface area contributed by atoms with Gasteiger partial charge in [-0.3, -0.25) is 4.79 Å². The van der Waals surface area contributed by atoms with Crippen LogP contribution in [0.2, 0.25) is 0 Å². The molecule has 0 radical (unpaired) electrons. The molecule has 4 nitrogen and oxygen atoms in total. The van der Waals surface area contributed by atoms with Crippen molar-refractivity contribution in [1.82, 2.24) is 0 Å². The first kappa shape index (κ1) is 10.9. The van der Waals surface area contributed by atoms with Crippen LogP contribution < -0.4 is 0 Å². The topological polar surface area (TPSA) is 44.8 Å². The molecular weight excluding hydrogens is 240 g/mol. The van der Waals surface area contributed by atoms with E-state index in [9.17, 15) is 4.79 Å². The summed E-state index contributed by atoms with van der Waals surface area (Å²) in [5.74, 6) is -0.834. The van der Waals surface area contributed by atoms with E-state index in [4.69, 9.17) is 14.2 Å². The fraction of sp³-hybridized carbons (Fsp3) is 0.875. The summed E-state index contributed by atoms with van der Waals surface area (Å²) in [6.45, 7) is 4.40. The number of halogens is 1. The van der Waals surface area contributed by atoms with E-state index in [0.717, 1.165) is 0 Å². The predicted octanol–water partition coefficient (Wildman–Crippen LogP) is 1.08. The van der Waals surface area contributed by atoms with Gasteiger partial charge in [-0.05, 0) is 13.8 Å². The molecule has 0 spiro atoms. The largest absolute Gasteiger partial charge is 0.462 e. The van der Waals surface area contributed by atoms with E-state index >= 15 is 0 Å². The number of hydrogen-bond donors (Lipinski definition) is 0. The van der Waals surface area contributed by atoms with Crippen molar-refractivity contribution in [2.45, 2.75) is 25.7 Å². The zero-order valence-corrected chi connectivity index (χ0v) is 9.30. The summed E-state index contributed by atoms with van der Waals surface area (Å²) in [4.78, 5) is 10.8. The van der Waals surface area contributed by atoms with Gasteiger partial charge in [-0.1, -0.05) is 15.9 Å². The normalized spacial score (nSPS) is 25.9. The third-order valence-electron chi connectivity index (χ3n) is 1.61. The van der Waals surface area contributed by atoms with Gasteiger partial charge in [0.2, 0.25) is 0 Å². The van der Waals surface area contributed by atoms with Gasteiger partial charge in [-0.2, -0.15) is 0 Å². The van der Waals surface area contributed by atoms with Crippen molar-refractivity contribution in [3.05, 3.63) is 0 Å². The fourth-order valence-electron chi connectivity index (χ4n) is 1.07. The molecule has 1 rings (SSSR count). The fourth-order valence-corrected chi connectivity index (χ4v) is 1.23. The maximum Gasteiger partial charge on any atom is 0.316 e. The number of alkyl halides is 1. The van der Waals surface area contributed by atoms with Crippen LogP contribution in [0.15, 0.2) is 0 Å². The van der Waals surface area contributed by atoms with Gasteiger partial charge >= 0.3 is 5.97 Å².